The maximum absolute atomic E-state index is 12.8. The molecule has 0 spiro atoms. The van der Waals surface area contributed by atoms with Crippen LogP contribution in [0.25, 0.3) is 21.7 Å². The number of carbonyl (C=O) groups excluding carboxylic acids is 1. The molecule has 0 saturated carbocycles. The number of carbonyl (C=O) groups is 1. The lowest BCUT2D eigenvalue weighted by Crippen LogP contribution is -2.41. The Labute approximate surface area is 171 Å². The molecule has 1 aromatic carbocycles. The minimum atomic E-state index is -0.109. The van der Waals surface area contributed by atoms with Crippen LogP contribution in [-0.4, -0.2) is 34.2 Å². The molecule has 7 nitrogen and oxygen atoms in total. The minimum Gasteiger partial charge on any atom is -0.463 e. The van der Waals surface area contributed by atoms with Crippen LogP contribution in [0.2, 0.25) is 0 Å². The van der Waals surface area contributed by atoms with Crippen molar-refractivity contribution in [3.8, 4) is 11.5 Å². The number of aromatic nitrogens is 3. The summed E-state index contributed by atoms with van der Waals surface area (Å²) in [4.78, 5) is 19.4. The monoisotopic (exact) mass is 405 g/mol. The topological polar surface area (TPSA) is 84.2 Å². The lowest BCUT2D eigenvalue weighted by molar-refractivity contribution is -0.120. The molecule has 1 aliphatic heterocycles. The first-order valence-electron chi connectivity index (χ1n) is 9.55. The number of fused-ring (bicyclic) bond motifs is 1. The van der Waals surface area contributed by atoms with Crippen LogP contribution in [-0.2, 0) is 4.79 Å². The van der Waals surface area contributed by atoms with Crippen molar-refractivity contribution in [3.05, 3.63) is 54.8 Å². The van der Waals surface area contributed by atoms with E-state index >= 15 is 0 Å². The molecule has 29 heavy (non-hydrogen) atoms. The molecule has 3 aromatic heterocycles. The number of hydrogen-bond acceptors (Lipinski definition) is 7. The van der Waals surface area contributed by atoms with E-state index in [-0.39, 0.29) is 11.8 Å². The number of benzene rings is 1. The Hall–Kier alpha value is -3.26. The maximum Gasteiger partial charge on any atom is 0.231 e. The predicted molar refractivity (Wildman–Crippen MR) is 113 cm³/mol. The first-order chi connectivity index (χ1) is 14.3. The molecular weight excluding hydrogens is 386 g/mol. The number of amides is 1. The van der Waals surface area contributed by atoms with Crippen molar-refractivity contribution >= 4 is 38.4 Å². The van der Waals surface area contributed by atoms with Crippen molar-refractivity contribution in [2.45, 2.75) is 12.8 Å². The second kappa shape index (κ2) is 7.63. The van der Waals surface area contributed by atoms with Crippen LogP contribution in [0.1, 0.15) is 12.8 Å². The number of rotatable bonds is 4. The van der Waals surface area contributed by atoms with Crippen LogP contribution in [0.5, 0.6) is 0 Å². The van der Waals surface area contributed by atoms with Gasteiger partial charge >= 0.3 is 0 Å². The number of para-hydroxylation sites is 1. The first kappa shape index (κ1) is 17.8. The molecule has 0 aliphatic carbocycles. The third-order valence-corrected chi connectivity index (χ3v) is 6.02. The number of thiazole rings is 1. The molecule has 4 aromatic rings. The number of hydrogen-bond donors (Lipinski definition) is 1. The van der Waals surface area contributed by atoms with Gasteiger partial charge in [-0.25, -0.2) is 4.98 Å². The van der Waals surface area contributed by atoms with Crippen LogP contribution in [0, 0.1) is 5.92 Å². The van der Waals surface area contributed by atoms with Crippen molar-refractivity contribution < 1.29 is 9.21 Å². The molecule has 8 heteroatoms. The Balaban J connectivity index is 1.26. The van der Waals surface area contributed by atoms with Gasteiger partial charge in [-0.3, -0.25) is 4.79 Å². The summed E-state index contributed by atoms with van der Waals surface area (Å²) in [6, 6.07) is 15.4. The van der Waals surface area contributed by atoms with E-state index < -0.39 is 0 Å². The smallest absolute Gasteiger partial charge is 0.231 e. The fourth-order valence-corrected chi connectivity index (χ4v) is 4.45. The Kier molecular flexibility index (Phi) is 4.69. The number of nitrogens with zero attached hydrogens (tertiary/aromatic N) is 4. The second-order valence-corrected chi connectivity index (χ2v) is 8.05. The molecule has 0 radical (unpaired) electrons. The molecule has 1 aliphatic rings. The zero-order chi connectivity index (χ0) is 19.6. The highest BCUT2D eigenvalue weighted by molar-refractivity contribution is 7.22. The van der Waals surface area contributed by atoms with Crippen LogP contribution in [0.3, 0.4) is 0 Å². The first-order valence-corrected chi connectivity index (χ1v) is 10.4. The van der Waals surface area contributed by atoms with Gasteiger partial charge in [0, 0.05) is 13.1 Å². The van der Waals surface area contributed by atoms with Gasteiger partial charge in [0.1, 0.15) is 5.69 Å². The minimum absolute atomic E-state index is 0.00826. The van der Waals surface area contributed by atoms with Gasteiger partial charge in [0.2, 0.25) is 5.91 Å². The van der Waals surface area contributed by atoms with E-state index in [1.165, 1.54) is 11.3 Å². The SMILES string of the molecule is O=C(Nc1nc2ccccc2s1)C1CCCN(c2ccc(-c3ccco3)nn2)C1. The lowest BCUT2D eigenvalue weighted by atomic mass is 9.97. The summed E-state index contributed by atoms with van der Waals surface area (Å²) in [6.45, 7) is 1.48. The van der Waals surface area contributed by atoms with Crippen molar-refractivity contribution in [1.82, 2.24) is 15.2 Å². The summed E-state index contributed by atoms with van der Waals surface area (Å²) in [5, 5.41) is 12.2. The zero-order valence-corrected chi connectivity index (χ0v) is 16.4. The van der Waals surface area contributed by atoms with Gasteiger partial charge < -0.3 is 14.6 Å². The number of anilines is 2. The lowest BCUT2D eigenvalue weighted by Gasteiger charge is -2.32. The van der Waals surface area contributed by atoms with Crippen LogP contribution in [0.15, 0.2) is 59.2 Å². The second-order valence-electron chi connectivity index (χ2n) is 7.02. The van der Waals surface area contributed by atoms with Crippen LogP contribution in [0.4, 0.5) is 10.9 Å². The average Bonchev–Trinajstić information content (AvgIpc) is 3.43. The summed E-state index contributed by atoms with van der Waals surface area (Å²) in [5.41, 5.74) is 1.60. The van der Waals surface area contributed by atoms with Gasteiger partial charge in [-0.2, -0.15) is 0 Å². The Morgan fingerprint density at radius 1 is 1.14 bits per heavy atom. The maximum atomic E-state index is 12.8. The van der Waals surface area contributed by atoms with E-state index in [4.69, 9.17) is 4.42 Å². The van der Waals surface area contributed by atoms with Crippen molar-refractivity contribution in [1.29, 1.82) is 0 Å². The summed E-state index contributed by atoms with van der Waals surface area (Å²) in [7, 11) is 0. The predicted octanol–water partition coefficient (Wildman–Crippen LogP) is 4.20. The molecule has 146 valence electrons. The van der Waals surface area contributed by atoms with Crippen LogP contribution >= 0.6 is 11.3 Å². The summed E-state index contributed by atoms with van der Waals surface area (Å²) in [5.74, 6) is 1.37. The molecule has 1 atom stereocenters. The fourth-order valence-electron chi connectivity index (χ4n) is 3.58. The molecule has 4 heterocycles. The Morgan fingerprint density at radius 3 is 2.86 bits per heavy atom. The molecule has 1 N–H and O–H groups in total. The standard InChI is InChI=1S/C21H19N5O2S/c27-20(23-21-22-16-6-1-2-8-18(16)29-21)14-5-3-11-26(13-14)19-10-9-15(24-25-19)17-7-4-12-28-17/h1-2,4,6-10,12,14H,3,5,11,13H2,(H,22,23,27). The highest BCUT2D eigenvalue weighted by Crippen LogP contribution is 2.28. The normalized spacial score (nSPS) is 16.8. The van der Waals surface area contributed by atoms with Crippen molar-refractivity contribution in [2.75, 3.05) is 23.3 Å². The van der Waals surface area contributed by atoms with Crippen molar-refractivity contribution in [3.63, 3.8) is 0 Å². The average molecular weight is 405 g/mol. The summed E-state index contributed by atoms with van der Waals surface area (Å²) < 4.78 is 6.43. The van der Waals surface area contributed by atoms with E-state index in [0.29, 0.717) is 23.1 Å². The summed E-state index contributed by atoms with van der Waals surface area (Å²) >= 11 is 1.50. The zero-order valence-electron chi connectivity index (χ0n) is 15.6. The Morgan fingerprint density at radius 2 is 2.07 bits per heavy atom. The third-order valence-electron chi connectivity index (χ3n) is 5.06. The quantitative estimate of drug-likeness (QED) is 0.548. The highest BCUT2D eigenvalue weighted by Gasteiger charge is 2.27. The third kappa shape index (κ3) is 3.71. The van der Waals surface area contributed by atoms with Gasteiger partial charge in [-0.15, -0.1) is 10.2 Å². The van der Waals surface area contributed by atoms with E-state index in [0.717, 1.165) is 35.4 Å². The van der Waals surface area contributed by atoms with E-state index in [2.05, 4.69) is 25.4 Å². The van der Waals surface area contributed by atoms with E-state index in [1.807, 2.05) is 48.5 Å². The van der Waals surface area contributed by atoms with Gasteiger partial charge in [-0.05, 0) is 49.2 Å². The van der Waals surface area contributed by atoms with E-state index in [9.17, 15) is 4.79 Å². The molecule has 1 unspecified atom stereocenters. The molecule has 1 saturated heterocycles. The van der Waals surface area contributed by atoms with Gasteiger partial charge in [0.05, 0.1) is 22.4 Å². The Bertz CT molecular complexity index is 1090. The molecular formula is C21H19N5O2S. The van der Waals surface area contributed by atoms with Gasteiger partial charge in [0.25, 0.3) is 0 Å². The number of nitrogens with one attached hydrogen (secondary N) is 1. The number of piperidine rings is 1. The van der Waals surface area contributed by atoms with E-state index in [1.54, 1.807) is 6.26 Å². The molecule has 0 bridgehead atoms. The van der Waals surface area contributed by atoms with Gasteiger partial charge in [-0.1, -0.05) is 23.5 Å². The molecule has 1 fully saturated rings. The largest absolute Gasteiger partial charge is 0.463 e. The highest BCUT2D eigenvalue weighted by atomic mass is 32.1. The molecule has 1 amide bonds. The number of furan rings is 1. The fraction of sp³-hybridized carbons (Fsp3) is 0.238. The van der Waals surface area contributed by atoms with Crippen LogP contribution < -0.4 is 10.2 Å². The van der Waals surface area contributed by atoms with Gasteiger partial charge in [0.15, 0.2) is 16.7 Å². The summed E-state index contributed by atoms with van der Waals surface area (Å²) in [6.07, 6.45) is 3.40. The van der Waals surface area contributed by atoms with Crippen molar-refractivity contribution in [2.24, 2.45) is 5.92 Å². The molecule has 5 rings (SSSR count).